The largest absolute Gasteiger partial charge is 0.393 e. The van der Waals surface area contributed by atoms with E-state index in [4.69, 9.17) is 4.74 Å². The van der Waals surface area contributed by atoms with Crippen LogP contribution in [0.1, 0.15) is 72.1 Å². The molecule has 4 saturated carbocycles. The summed E-state index contributed by atoms with van der Waals surface area (Å²) in [6, 6.07) is 0. The maximum atomic E-state index is 10.4. The topological polar surface area (TPSA) is 29.5 Å². The minimum absolute atomic E-state index is 0.0778. The summed E-state index contributed by atoms with van der Waals surface area (Å²) in [4.78, 5) is 0. The molecule has 4 aliphatic carbocycles. The summed E-state index contributed by atoms with van der Waals surface area (Å²) in [7, 11) is 1.95. The molecule has 0 aromatic carbocycles. The lowest BCUT2D eigenvalue weighted by atomic mass is 9.43. The van der Waals surface area contributed by atoms with Gasteiger partial charge in [0.15, 0.2) is 0 Å². The Kier molecular flexibility index (Phi) is 3.89. The van der Waals surface area contributed by atoms with Crippen molar-refractivity contribution in [2.45, 2.75) is 84.3 Å². The highest BCUT2D eigenvalue weighted by Gasteiger charge is 2.61. The van der Waals surface area contributed by atoms with E-state index >= 15 is 0 Å². The van der Waals surface area contributed by atoms with Gasteiger partial charge in [0, 0.05) is 7.11 Å². The standard InChI is InChI=1S/C21H36O2/c1-13-11-21(3)14(10-17(13)22)7-8-15-16-6-5-9-20(16,2)12-18(23-4)19(15)21/h13-19,22H,5-12H2,1-4H3. The number of hydrogen-bond donors (Lipinski definition) is 1. The van der Waals surface area contributed by atoms with Crippen molar-refractivity contribution in [2.24, 2.45) is 40.4 Å². The van der Waals surface area contributed by atoms with Gasteiger partial charge in [-0.1, -0.05) is 27.2 Å². The van der Waals surface area contributed by atoms with Crippen LogP contribution in [-0.4, -0.2) is 24.4 Å². The van der Waals surface area contributed by atoms with Crippen LogP contribution in [0.3, 0.4) is 0 Å². The van der Waals surface area contributed by atoms with Crippen LogP contribution >= 0.6 is 0 Å². The zero-order valence-corrected chi connectivity index (χ0v) is 15.6. The van der Waals surface area contributed by atoms with Crippen molar-refractivity contribution in [3.8, 4) is 0 Å². The first-order chi connectivity index (χ1) is 10.9. The van der Waals surface area contributed by atoms with E-state index in [-0.39, 0.29) is 6.10 Å². The number of fused-ring (bicyclic) bond motifs is 5. The smallest absolute Gasteiger partial charge is 0.0612 e. The van der Waals surface area contributed by atoms with E-state index in [0.29, 0.717) is 28.8 Å². The van der Waals surface area contributed by atoms with E-state index in [1.54, 1.807) is 0 Å². The summed E-state index contributed by atoms with van der Waals surface area (Å²) in [5.41, 5.74) is 0.914. The van der Waals surface area contributed by atoms with Crippen molar-refractivity contribution < 1.29 is 9.84 Å². The highest BCUT2D eigenvalue weighted by Crippen LogP contribution is 2.67. The minimum Gasteiger partial charge on any atom is -0.393 e. The number of methoxy groups -OCH3 is 1. The highest BCUT2D eigenvalue weighted by molar-refractivity contribution is 5.11. The van der Waals surface area contributed by atoms with Gasteiger partial charge >= 0.3 is 0 Å². The van der Waals surface area contributed by atoms with Crippen LogP contribution in [0.25, 0.3) is 0 Å². The summed E-state index contributed by atoms with van der Waals surface area (Å²) >= 11 is 0. The van der Waals surface area contributed by atoms with Gasteiger partial charge < -0.3 is 9.84 Å². The number of hydrogen-bond acceptors (Lipinski definition) is 2. The monoisotopic (exact) mass is 320 g/mol. The molecule has 132 valence electrons. The molecule has 4 rings (SSSR count). The average Bonchev–Trinajstić information content (AvgIpc) is 2.89. The lowest BCUT2D eigenvalue weighted by Gasteiger charge is -2.63. The fourth-order valence-corrected chi connectivity index (χ4v) is 7.92. The van der Waals surface area contributed by atoms with Gasteiger partial charge in [-0.05, 0) is 85.4 Å². The first-order valence-corrected chi connectivity index (χ1v) is 10.1. The third kappa shape index (κ3) is 2.27. The molecule has 0 bridgehead atoms. The molecule has 0 radical (unpaired) electrons. The molecule has 0 aromatic rings. The molecule has 0 aliphatic heterocycles. The molecule has 0 heterocycles. The molecule has 2 heteroatoms. The van der Waals surface area contributed by atoms with Gasteiger partial charge in [0.2, 0.25) is 0 Å². The Labute approximate surface area is 142 Å². The lowest BCUT2D eigenvalue weighted by Crippen LogP contribution is -2.59. The Morgan fingerprint density at radius 3 is 2.61 bits per heavy atom. The molecule has 0 spiro atoms. The van der Waals surface area contributed by atoms with Crippen molar-refractivity contribution >= 4 is 0 Å². The van der Waals surface area contributed by atoms with Gasteiger partial charge in [0.1, 0.15) is 0 Å². The molecule has 23 heavy (non-hydrogen) atoms. The molecule has 1 N–H and O–H groups in total. The Bertz CT molecular complexity index is 463. The predicted octanol–water partition coefficient (Wildman–Crippen LogP) is 4.65. The summed E-state index contributed by atoms with van der Waals surface area (Å²) in [5.74, 6) is 3.67. The van der Waals surface area contributed by atoms with E-state index in [9.17, 15) is 5.11 Å². The molecule has 4 fully saturated rings. The lowest BCUT2D eigenvalue weighted by molar-refractivity contribution is -0.188. The van der Waals surface area contributed by atoms with Crippen molar-refractivity contribution in [2.75, 3.05) is 7.11 Å². The first-order valence-electron chi connectivity index (χ1n) is 10.1. The average molecular weight is 321 g/mol. The van der Waals surface area contributed by atoms with Crippen molar-refractivity contribution in [1.82, 2.24) is 0 Å². The fourth-order valence-electron chi connectivity index (χ4n) is 7.92. The normalized spacial score (nSPS) is 59.1. The van der Waals surface area contributed by atoms with Crippen LogP contribution in [-0.2, 0) is 4.74 Å². The van der Waals surface area contributed by atoms with Crippen molar-refractivity contribution in [3.63, 3.8) is 0 Å². The zero-order chi connectivity index (χ0) is 16.4. The third-order valence-electron chi connectivity index (χ3n) is 8.99. The summed E-state index contributed by atoms with van der Waals surface area (Å²) < 4.78 is 6.15. The van der Waals surface area contributed by atoms with Gasteiger partial charge in [0.25, 0.3) is 0 Å². The van der Waals surface area contributed by atoms with Crippen LogP contribution in [0, 0.1) is 40.4 Å². The van der Waals surface area contributed by atoms with E-state index in [2.05, 4.69) is 20.8 Å². The Morgan fingerprint density at radius 1 is 1.09 bits per heavy atom. The van der Waals surface area contributed by atoms with Gasteiger partial charge in [-0.15, -0.1) is 0 Å². The second-order valence-corrected chi connectivity index (χ2v) is 10.1. The number of aliphatic hydroxyl groups excluding tert-OH is 1. The Hall–Kier alpha value is -0.0800. The molecule has 9 atom stereocenters. The Morgan fingerprint density at radius 2 is 1.87 bits per heavy atom. The molecule has 0 saturated heterocycles. The fraction of sp³-hybridized carbons (Fsp3) is 1.00. The first kappa shape index (κ1) is 16.4. The Balaban J connectivity index is 1.70. The number of ether oxygens (including phenoxy) is 1. The summed E-state index contributed by atoms with van der Waals surface area (Å²) in [6.45, 7) is 7.37. The maximum absolute atomic E-state index is 10.4. The molecular formula is C21H36O2. The van der Waals surface area contributed by atoms with Crippen molar-refractivity contribution in [1.29, 1.82) is 0 Å². The van der Waals surface area contributed by atoms with Crippen LogP contribution in [0.15, 0.2) is 0 Å². The van der Waals surface area contributed by atoms with E-state index in [0.717, 1.165) is 24.2 Å². The predicted molar refractivity (Wildman–Crippen MR) is 93.1 cm³/mol. The molecule has 4 aliphatic rings. The number of rotatable bonds is 1. The molecule has 9 unspecified atom stereocenters. The second-order valence-electron chi connectivity index (χ2n) is 10.1. The maximum Gasteiger partial charge on any atom is 0.0612 e. The third-order valence-corrected chi connectivity index (χ3v) is 8.99. The van der Waals surface area contributed by atoms with Crippen LogP contribution in [0.5, 0.6) is 0 Å². The van der Waals surface area contributed by atoms with E-state index in [1.165, 1.54) is 44.9 Å². The number of aliphatic hydroxyl groups is 1. The van der Waals surface area contributed by atoms with Gasteiger partial charge in [-0.25, -0.2) is 0 Å². The van der Waals surface area contributed by atoms with Gasteiger partial charge in [0.05, 0.1) is 12.2 Å². The van der Waals surface area contributed by atoms with E-state index in [1.807, 2.05) is 7.11 Å². The van der Waals surface area contributed by atoms with Crippen molar-refractivity contribution in [3.05, 3.63) is 0 Å². The van der Waals surface area contributed by atoms with Gasteiger partial charge in [-0.3, -0.25) is 0 Å². The van der Waals surface area contributed by atoms with Crippen LogP contribution < -0.4 is 0 Å². The molecule has 2 nitrogen and oxygen atoms in total. The van der Waals surface area contributed by atoms with E-state index < -0.39 is 0 Å². The molecule has 0 aromatic heterocycles. The summed E-state index contributed by atoms with van der Waals surface area (Å²) in [5, 5.41) is 10.4. The summed E-state index contributed by atoms with van der Waals surface area (Å²) in [6.07, 6.45) is 10.9. The highest BCUT2D eigenvalue weighted by atomic mass is 16.5. The zero-order valence-electron chi connectivity index (χ0n) is 15.6. The van der Waals surface area contributed by atoms with Crippen LogP contribution in [0.2, 0.25) is 0 Å². The quantitative estimate of drug-likeness (QED) is 0.762. The van der Waals surface area contributed by atoms with Crippen LogP contribution in [0.4, 0.5) is 0 Å². The molecular weight excluding hydrogens is 284 g/mol. The van der Waals surface area contributed by atoms with Gasteiger partial charge in [-0.2, -0.15) is 0 Å². The SMILES string of the molecule is COC1CC2(C)CCCC2C2CCC3CC(O)C(C)CC3(C)C12. The second kappa shape index (κ2) is 5.46. The minimum atomic E-state index is -0.0778. The molecule has 0 amide bonds.